The highest BCUT2D eigenvalue weighted by Crippen LogP contribution is 2.25. The first-order valence-electron chi connectivity index (χ1n) is 5.52. The highest BCUT2D eigenvalue weighted by molar-refractivity contribution is 7.13. The molecule has 0 radical (unpaired) electrons. The molecule has 20 heavy (non-hydrogen) atoms. The summed E-state index contributed by atoms with van der Waals surface area (Å²) < 4.78 is 0. The summed E-state index contributed by atoms with van der Waals surface area (Å²) in [6, 6.07) is 4.13. The number of nitro benzene ring substituents is 1. The van der Waals surface area contributed by atoms with Crippen molar-refractivity contribution < 1.29 is 9.72 Å². The molecule has 104 valence electrons. The molecule has 0 atom stereocenters. The highest BCUT2D eigenvalue weighted by Gasteiger charge is 2.18. The van der Waals surface area contributed by atoms with Crippen molar-refractivity contribution in [3.63, 3.8) is 0 Å². The van der Waals surface area contributed by atoms with Crippen LogP contribution in [0.1, 0.15) is 10.4 Å². The van der Waals surface area contributed by atoms with Crippen molar-refractivity contribution in [3.05, 3.63) is 39.4 Å². The third-order valence-electron chi connectivity index (χ3n) is 2.50. The fraction of sp³-hybridized carbons (Fsp3) is 0.182. The minimum Gasteiger partial charge on any atom is -0.377 e. The second kappa shape index (κ2) is 5.61. The maximum absolute atomic E-state index is 12.2. The quantitative estimate of drug-likeness (QED) is 0.681. The van der Waals surface area contributed by atoms with Crippen LogP contribution in [0.3, 0.4) is 0 Å². The van der Waals surface area contributed by atoms with Gasteiger partial charge in [-0.15, -0.1) is 10.2 Å². The summed E-state index contributed by atoms with van der Waals surface area (Å²) in [6.45, 7) is 0. The van der Waals surface area contributed by atoms with E-state index in [1.165, 1.54) is 35.0 Å². The van der Waals surface area contributed by atoms with Crippen molar-refractivity contribution in [2.75, 3.05) is 24.3 Å². The molecule has 2 aromatic rings. The predicted molar refractivity (Wildman–Crippen MR) is 75.3 cm³/mol. The summed E-state index contributed by atoms with van der Waals surface area (Å²) in [5.74, 6) is -0.464. The largest absolute Gasteiger partial charge is 0.377 e. The van der Waals surface area contributed by atoms with Gasteiger partial charge in [0.2, 0.25) is 5.13 Å². The zero-order valence-corrected chi connectivity index (χ0v) is 11.5. The predicted octanol–water partition coefficient (Wildman–Crippen LogP) is 1.76. The molecule has 1 aromatic carbocycles. The second-order valence-electron chi connectivity index (χ2n) is 4.05. The number of non-ortho nitro benzene ring substituents is 1. The smallest absolute Gasteiger partial charge is 0.270 e. The first-order chi connectivity index (χ1) is 9.49. The van der Waals surface area contributed by atoms with Crippen molar-refractivity contribution in [1.29, 1.82) is 0 Å². The third-order valence-corrected chi connectivity index (χ3v) is 3.10. The lowest BCUT2D eigenvalue weighted by molar-refractivity contribution is -0.384. The summed E-state index contributed by atoms with van der Waals surface area (Å²) in [4.78, 5) is 24.2. The van der Waals surface area contributed by atoms with Crippen molar-refractivity contribution in [1.82, 2.24) is 10.2 Å². The fourth-order valence-electron chi connectivity index (χ4n) is 1.60. The molecule has 0 saturated heterocycles. The zero-order valence-electron chi connectivity index (χ0n) is 10.7. The minimum atomic E-state index is -0.541. The molecule has 1 N–H and O–H groups in total. The van der Waals surface area contributed by atoms with Gasteiger partial charge in [0.25, 0.3) is 11.6 Å². The molecule has 9 heteroatoms. The highest BCUT2D eigenvalue weighted by atomic mass is 32.1. The van der Waals surface area contributed by atoms with E-state index in [1.807, 2.05) is 0 Å². The van der Waals surface area contributed by atoms with E-state index in [0.717, 1.165) is 0 Å². The number of hydrogen-bond acceptors (Lipinski definition) is 7. The van der Waals surface area contributed by atoms with E-state index >= 15 is 0 Å². The summed E-state index contributed by atoms with van der Waals surface area (Å²) >= 11 is 1.17. The number of amides is 1. The van der Waals surface area contributed by atoms with Gasteiger partial charge >= 0.3 is 0 Å². The topological polar surface area (TPSA) is 101 Å². The Hall–Kier alpha value is -2.55. The number of aromatic nitrogens is 2. The number of nitrogens with one attached hydrogen (secondary N) is 1. The Balaban J connectivity index is 2.38. The number of benzene rings is 1. The van der Waals surface area contributed by atoms with Gasteiger partial charge in [-0.1, -0.05) is 11.3 Å². The molecule has 2 rings (SSSR count). The minimum absolute atomic E-state index is 0.141. The molecule has 8 nitrogen and oxygen atoms in total. The van der Waals surface area contributed by atoms with E-state index in [2.05, 4.69) is 15.5 Å². The van der Waals surface area contributed by atoms with Gasteiger partial charge in [-0.25, -0.2) is 0 Å². The lowest BCUT2D eigenvalue weighted by Gasteiger charge is -2.16. The van der Waals surface area contributed by atoms with Crippen LogP contribution in [0, 0.1) is 10.1 Å². The van der Waals surface area contributed by atoms with E-state index in [0.29, 0.717) is 10.8 Å². The van der Waals surface area contributed by atoms with Crippen LogP contribution < -0.4 is 10.2 Å². The van der Waals surface area contributed by atoms with Crippen LogP contribution in [0.2, 0.25) is 0 Å². The Kier molecular flexibility index (Phi) is 3.89. The average molecular weight is 293 g/mol. The van der Waals surface area contributed by atoms with Gasteiger partial charge in [-0.3, -0.25) is 20.2 Å². The molecule has 0 unspecified atom stereocenters. The van der Waals surface area contributed by atoms with E-state index in [4.69, 9.17) is 0 Å². The van der Waals surface area contributed by atoms with E-state index in [1.54, 1.807) is 19.0 Å². The Morgan fingerprint density at radius 1 is 1.45 bits per heavy atom. The van der Waals surface area contributed by atoms with E-state index < -0.39 is 10.8 Å². The molecule has 0 fully saturated rings. The summed E-state index contributed by atoms with van der Waals surface area (Å²) in [5.41, 5.74) is 2.13. The maximum Gasteiger partial charge on any atom is 0.270 e. The zero-order chi connectivity index (χ0) is 14.7. The maximum atomic E-state index is 12.2. The monoisotopic (exact) mass is 293 g/mol. The molecular formula is C11H11N5O3S. The number of nitro groups is 1. The Bertz CT molecular complexity index is 642. The van der Waals surface area contributed by atoms with Crippen LogP contribution in [0.15, 0.2) is 23.7 Å². The van der Waals surface area contributed by atoms with Crippen LogP contribution in [0.4, 0.5) is 16.5 Å². The van der Waals surface area contributed by atoms with Crippen LogP contribution in [-0.2, 0) is 0 Å². The Morgan fingerprint density at radius 3 is 2.75 bits per heavy atom. The van der Waals surface area contributed by atoms with Crippen molar-refractivity contribution in [2.24, 2.45) is 0 Å². The van der Waals surface area contributed by atoms with E-state index in [-0.39, 0.29) is 11.3 Å². The normalized spacial score (nSPS) is 10.1. The number of hydrogen-bond donors (Lipinski definition) is 1. The average Bonchev–Trinajstić information content (AvgIpc) is 2.90. The number of nitrogens with zero attached hydrogens (tertiary/aromatic N) is 4. The summed E-state index contributed by atoms with van der Waals surface area (Å²) in [6.07, 6.45) is 0. The first kappa shape index (κ1) is 13.9. The van der Waals surface area contributed by atoms with E-state index in [9.17, 15) is 14.9 Å². The summed E-state index contributed by atoms with van der Waals surface area (Å²) in [5, 5.41) is 21.0. The third kappa shape index (κ3) is 2.88. The number of rotatable bonds is 4. The van der Waals surface area contributed by atoms with Gasteiger partial charge in [0.15, 0.2) is 0 Å². The van der Waals surface area contributed by atoms with Gasteiger partial charge in [-0.2, -0.15) is 0 Å². The van der Waals surface area contributed by atoms with Gasteiger partial charge < -0.3 is 4.90 Å². The Labute approximate surface area is 118 Å². The molecule has 0 bridgehead atoms. The SMILES string of the molecule is CN(C)c1ccc([N+](=O)[O-])cc1C(=O)Nc1nncs1. The molecule has 1 aromatic heterocycles. The summed E-state index contributed by atoms with van der Waals surface area (Å²) in [7, 11) is 3.51. The van der Waals surface area contributed by atoms with Gasteiger partial charge in [-0.05, 0) is 6.07 Å². The first-order valence-corrected chi connectivity index (χ1v) is 6.40. The van der Waals surface area contributed by atoms with Crippen molar-refractivity contribution in [3.8, 4) is 0 Å². The standard InChI is InChI=1S/C11H11N5O3S/c1-15(2)9-4-3-7(16(18)19)5-8(9)10(17)13-11-14-12-6-20-11/h3-6H,1-2H3,(H,13,14,17). The molecule has 0 saturated carbocycles. The van der Waals surface area contributed by atoms with Crippen molar-refractivity contribution in [2.45, 2.75) is 0 Å². The van der Waals surface area contributed by atoms with Crippen LogP contribution in [-0.4, -0.2) is 35.1 Å². The number of anilines is 2. The second-order valence-corrected chi connectivity index (χ2v) is 4.88. The molecule has 0 spiro atoms. The number of carbonyl (C=O) groups excluding carboxylic acids is 1. The van der Waals surface area contributed by atoms with Gasteiger partial charge in [0, 0.05) is 31.9 Å². The van der Waals surface area contributed by atoms with Gasteiger partial charge in [0.05, 0.1) is 10.5 Å². The van der Waals surface area contributed by atoms with Crippen LogP contribution >= 0.6 is 11.3 Å². The molecule has 0 aliphatic rings. The van der Waals surface area contributed by atoms with Crippen molar-refractivity contribution >= 4 is 33.8 Å². The fourth-order valence-corrected chi connectivity index (χ4v) is 2.04. The molecular weight excluding hydrogens is 282 g/mol. The molecule has 0 aliphatic carbocycles. The Morgan fingerprint density at radius 2 is 2.20 bits per heavy atom. The lowest BCUT2D eigenvalue weighted by Crippen LogP contribution is -2.18. The molecule has 0 aliphatic heterocycles. The van der Waals surface area contributed by atoms with Gasteiger partial charge in [0.1, 0.15) is 5.51 Å². The number of carbonyl (C=O) groups is 1. The molecule has 1 amide bonds. The van der Waals surface area contributed by atoms with Crippen LogP contribution in [0.25, 0.3) is 0 Å². The van der Waals surface area contributed by atoms with Crippen LogP contribution in [0.5, 0.6) is 0 Å². The molecule has 1 heterocycles. The lowest BCUT2D eigenvalue weighted by atomic mass is 10.1.